The van der Waals surface area contributed by atoms with Crippen molar-refractivity contribution in [3.8, 4) is 19.5 Å². The Kier molecular flexibility index (Phi) is 25.4. The molecule has 0 saturated heterocycles. The van der Waals surface area contributed by atoms with Crippen molar-refractivity contribution in [2.45, 2.75) is 247 Å². The van der Waals surface area contributed by atoms with Crippen molar-refractivity contribution in [2.24, 2.45) is 11.8 Å². The molecule has 2 amide bonds. The first-order valence-electron chi connectivity index (χ1n) is 29.1. The first-order chi connectivity index (χ1) is 34.3. The van der Waals surface area contributed by atoms with E-state index in [2.05, 4.69) is 87.7 Å². The van der Waals surface area contributed by atoms with Crippen molar-refractivity contribution in [1.29, 1.82) is 0 Å². The number of rotatable bonds is 39. The molecule has 0 aromatic carbocycles. The van der Waals surface area contributed by atoms with Gasteiger partial charge in [-0.3, -0.25) is 9.59 Å². The van der Waals surface area contributed by atoms with Crippen molar-refractivity contribution in [1.82, 2.24) is 9.80 Å². The molecule has 0 radical (unpaired) electrons. The number of aryl methyl sites for hydroxylation is 1. The third-order valence-electron chi connectivity index (χ3n) is 15.5. The zero-order chi connectivity index (χ0) is 49.5. The van der Waals surface area contributed by atoms with E-state index in [4.69, 9.17) is 0 Å². The van der Waals surface area contributed by atoms with E-state index < -0.39 is 0 Å². The largest absolute Gasteiger partial charge is 0.311 e. The molecule has 2 aliphatic heterocycles. The molecule has 0 spiro atoms. The third-order valence-corrected chi connectivity index (χ3v) is 20.2. The van der Waals surface area contributed by atoms with Gasteiger partial charge in [0.25, 0.3) is 11.8 Å². The van der Waals surface area contributed by atoms with Gasteiger partial charge in [0.15, 0.2) is 0 Å². The third kappa shape index (κ3) is 16.8. The number of hydrogen-bond donors (Lipinski definition) is 0. The maximum absolute atomic E-state index is 15.2. The lowest BCUT2D eigenvalue weighted by molar-refractivity contribution is -0.125. The predicted octanol–water partition coefficient (Wildman–Crippen LogP) is 21.2. The molecule has 70 heavy (non-hydrogen) atoms. The Morgan fingerprint density at radius 2 is 0.743 bits per heavy atom. The van der Waals surface area contributed by atoms with Crippen molar-refractivity contribution in [3.63, 3.8) is 0 Å². The molecule has 4 aromatic heterocycles. The van der Waals surface area contributed by atoms with E-state index in [1.165, 1.54) is 226 Å². The van der Waals surface area contributed by atoms with Gasteiger partial charge in [0.2, 0.25) is 0 Å². The van der Waals surface area contributed by atoms with Gasteiger partial charge in [0, 0.05) is 52.6 Å². The van der Waals surface area contributed by atoms with Gasteiger partial charge in [-0.25, -0.2) is 0 Å². The van der Waals surface area contributed by atoms with Gasteiger partial charge in [-0.05, 0) is 87.8 Å². The minimum Gasteiger partial charge on any atom is -0.311 e. The van der Waals surface area contributed by atoms with Crippen LogP contribution < -0.4 is 0 Å². The normalized spacial score (nSPS) is 15.0. The fourth-order valence-corrected chi connectivity index (χ4v) is 15.7. The molecule has 0 saturated carbocycles. The van der Waals surface area contributed by atoms with Crippen LogP contribution in [0.1, 0.15) is 250 Å². The van der Waals surface area contributed by atoms with Gasteiger partial charge >= 0.3 is 0 Å². The quantitative estimate of drug-likeness (QED) is 0.0418. The molecule has 0 fully saturated rings. The molecule has 2 atom stereocenters. The lowest BCUT2D eigenvalue weighted by Gasteiger charge is -2.29. The maximum atomic E-state index is 15.2. The van der Waals surface area contributed by atoms with E-state index in [9.17, 15) is 0 Å². The fourth-order valence-electron chi connectivity index (χ4n) is 11.2. The lowest BCUT2D eigenvalue weighted by atomic mass is 9.93. The SMILES string of the molecule is CCCCCCCCCCC(CCCCCCCC)CN1C(=O)C2=C(c3ccc(-c4cc5sc(-c6ccc(C)s6)cc5s4)s3)N(CC(CCCCCCCC)CCCCCCCCCC)C(=O)C2=C1C. The van der Waals surface area contributed by atoms with E-state index in [1.54, 1.807) is 11.3 Å². The second kappa shape index (κ2) is 31.3. The summed E-state index contributed by atoms with van der Waals surface area (Å²) in [5.41, 5.74) is 3.18. The summed E-state index contributed by atoms with van der Waals surface area (Å²) in [7, 11) is 0. The summed E-state index contributed by atoms with van der Waals surface area (Å²) in [4.78, 5) is 42.3. The second-order valence-corrected chi connectivity index (χ2v) is 26.0. The molecule has 6 heterocycles. The minimum absolute atomic E-state index is 0.0701. The zero-order valence-corrected chi connectivity index (χ0v) is 48.3. The molecule has 4 aromatic rings. The number of allylic oxidation sites excluding steroid dienone is 1. The Hall–Kier alpha value is -2.52. The maximum Gasteiger partial charge on any atom is 0.261 e. The number of nitrogens with zero attached hydrogens (tertiary/aromatic N) is 2. The molecule has 2 aliphatic rings. The number of carbonyl (C=O) groups excluding carboxylic acids is 2. The molecule has 0 aliphatic carbocycles. The summed E-state index contributed by atoms with van der Waals surface area (Å²) in [5.74, 6) is 1.02. The van der Waals surface area contributed by atoms with Gasteiger partial charge in [0.05, 0.1) is 21.7 Å². The molecular weight excluding hydrogens is 933 g/mol. The van der Waals surface area contributed by atoms with Gasteiger partial charge in [0.1, 0.15) is 0 Å². The molecule has 4 nitrogen and oxygen atoms in total. The highest BCUT2D eigenvalue weighted by Crippen LogP contribution is 2.49. The van der Waals surface area contributed by atoms with Crippen LogP contribution in [0.3, 0.4) is 0 Å². The highest BCUT2D eigenvalue weighted by molar-refractivity contribution is 7.33. The van der Waals surface area contributed by atoms with E-state index in [-0.39, 0.29) is 11.8 Å². The van der Waals surface area contributed by atoms with Crippen molar-refractivity contribution in [2.75, 3.05) is 13.1 Å². The summed E-state index contributed by atoms with van der Waals surface area (Å²) in [6.07, 6.45) is 41.2. The Morgan fingerprint density at radius 1 is 0.386 bits per heavy atom. The predicted molar refractivity (Wildman–Crippen MR) is 312 cm³/mol. The van der Waals surface area contributed by atoms with Gasteiger partial charge in [-0.2, -0.15) is 0 Å². The Bertz CT molecular complexity index is 2180. The first kappa shape index (κ1) is 56.8. The highest BCUT2D eigenvalue weighted by atomic mass is 32.1. The van der Waals surface area contributed by atoms with Gasteiger partial charge in [-0.15, -0.1) is 45.3 Å². The molecule has 0 N–H and O–H groups in total. The average molecular weight is 1030 g/mol. The number of hydrogen-bond acceptors (Lipinski definition) is 6. The number of carbonyl (C=O) groups is 2. The topological polar surface area (TPSA) is 40.6 Å². The van der Waals surface area contributed by atoms with Crippen LogP contribution in [0.4, 0.5) is 0 Å². The Morgan fingerprint density at radius 3 is 1.16 bits per heavy atom. The first-order valence-corrected chi connectivity index (χ1v) is 32.3. The number of thiophene rings is 4. The monoisotopic (exact) mass is 1030 g/mol. The van der Waals surface area contributed by atoms with Crippen molar-refractivity contribution < 1.29 is 9.59 Å². The molecular formula is C62H94N2O2S4. The molecule has 0 bridgehead atoms. The van der Waals surface area contributed by atoms with E-state index in [1.807, 2.05) is 34.0 Å². The smallest absolute Gasteiger partial charge is 0.261 e. The van der Waals surface area contributed by atoms with Gasteiger partial charge < -0.3 is 9.80 Å². The van der Waals surface area contributed by atoms with E-state index in [0.29, 0.717) is 29.5 Å². The Balaban J connectivity index is 1.25. The molecule has 8 heteroatoms. The average Bonchev–Trinajstić information content (AvgIpc) is 4.22. The van der Waals surface area contributed by atoms with Crippen molar-refractivity contribution in [3.05, 3.63) is 63.0 Å². The Labute approximate surface area is 443 Å². The van der Waals surface area contributed by atoms with Crippen LogP contribution in [0.25, 0.3) is 34.6 Å². The standard InChI is InChI=1S/C62H94N2O2S4/c1-7-11-15-19-23-25-29-33-36-49(35-31-27-21-17-13-9-3)45-63-48(6)58-59(62(63)66)60(53-42-41-52(68-53)55-44-57-56(70-55)43-54(69-57)51-40-39-47(5)67-51)64(61(58)65)46-50(37-32-28-22-18-14-10-4)38-34-30-26-24-20-16-12-8-2/h39-44,49-50H,7-38,45-46H2,1-6H3. The van der Waals surface area contributed by atoms with Crippen LogP contribution >= 0.6 is 45.3 Å². The van der Waals surface area contributed by atoms with Crippen molar-refractivity contribution >= 4 is 72.3 Å². The van der Waals surface area contributed by atoms with E-state index >= 15 is 9.59 Å². The second-order valence-electron chi connectivity index (χ2n) is 21.4. The number of amides is 2. The van der Waals surface area contributed by atoms with Gasteiger partial charge in [-0.1, -0.05) is 207 Å². The van der Waals surface area contributed by atoms with Crippen LogP contribution in [0.15, 0.2) is 53.2 Å². The zero-order valence-electron chi connectivity index (χ0n) is 45.0. The van der Waals surface area contributed by atoms with Crippen LogP contribution in [0, 0.1) is 18.8 Å². The fraction of sp³-hybridized carbons (Fsp3) is 0.677. The van der Waals surface area contributed by atoms with E-state index in [0.717, 1.165) is 35.7 Å². The summed E-state index contributed by atoms with van der Waals surface area (Å²) in [5, 5.41) is 0. The van der Waals surface area contributed by atoms with Crippen LogP contribution in [0.2, 0.25) is 0 Å². The minimum atomic E-state index is 0.0701. The number of fused-ring (bicyclic) bond motifs is 2. The molecule has 6 rings (SSSR count). The summed E-state index contributed by atoms with van der Waals surface area (Å²) in [6.45, 7) is 14.9. The summed E-state index contributed by atoms with van der Waals surface area (Å²) in [6, 6.07) is 13.7. The van der Waals surface area contributed by atoms with Crippen LogP contribution in [-0.2, 0) is 9.59 Å². The number of unbranched alkanes of at least 4 members (excludes halogenated alkanes) is 24. The van der Waals surface area contributed by atoms with Crippen LogP contribution in [0.5, 0.6) is 0 Å². The molecule has 388 valence electrons. The lowest BCUT2D eigenvalue weighted by Crippen LogP contribution is -2.34. The van der Waals surface area contributed by atoms with Crippen LogP contribution in [-0.4, -0.2) is 34.7 Å². The highest BCUT2D eigenvalue weighted by Gasteiger charge is 2.48. The summed E-state index contributed by atoms with van der Waals surface area (Å²) < 4.78 is 2.67. The summed E-state index contributed by atoms with van der Waals surface area (Å²) >= 11 is 7.41. The molecule has 2 unspecified atom stereocenters.